The second-order valence-corrected chi connectivity index (χ2v) is 11.9. The van der Waals surface area contributed by atoms with Gasteiger partial charge in [-0.25, -0.2) is 9.78 Å². The van der Waals surface area contributed by atoms with E-state index in [9.17, 15) is 4.79 Å². The maximum atomic E-state index is 12.7. The molecule has 2 amide bonds. The van der Waals surface area contributed by atoms with E-state index >= 15 is 0 Å². The average molecular weight is 518 g/mol. The standard InChI is InChI=1S/C28H39N9O/c38-28(32-23-14-22-13-18(23)16-37(22)21-9-10-21)31-20-7-5-19(6-8-20)30-27-29-12-11-25(34-27)33-26-15-24(35-36-26)17-3-1-2-4-17/h11-12,15-17,19-23H,1-10,13-14H2,(H2,31,32,38)(H3,29,30,33,34,35,36)/t19-,20-,22?,23?. The molecule has 10 heteroatoms. The Bertz CT molecular complexity index is 1180. The van der Waals surface area contributed by atoms with E-state index in [0.717, 1.165) is 56.2 Å². The molecule has 3 heterocycles. The summed E-state index contributed by atoms with van der Waals surface area (Å²) in [6.45, 7) is 0. The first-order chi connectivity index (χ1) is 18.7. The number of hydrogen-bond donors (Lipinski definition) is 5. The van der Waals surface area contributed by atoms with Crippen LogP contribution in [0.2, 0.25) is 0 Å². The van der Waals surface area contributed by atoms with Crippen LogP contribution in [0.3, 0.4) is 0 Å². The number of urea groups is 1. The molecule has 5 N–H and O–H groups in total. The molecular weight excluding hydrogens is 478 g/mol. The van der Waals surface area contributed by atoms with Crippen LogP contribution in [-0.2, 0) is 0 Å². The van der Waals surface area contributed by atoms with Gasteiger partial charge in [0.15, 0.2) is 5.82 Å². The molecule has 2 aromatic heterocycles. The maximum absolute atomic E-state index is 12.7. The molecule has 0 spiro atoms. The summed E-state index contributed by atoms with van der Waals surface area (Å²) in [5.74, 6) is 2.75. The van der Waals surface area contributed by atoms with Crippen LogP contribution in [0.5, 0.6) is 0 Å². The highest BCUT2D eigenvalue weighted by molar-refractivity contribution is 5.75. The van der Waals surface area contributed by atoms with Gasteiger partial charge in [0, 0.05) is 54.2 Å². The minimum atomic E-state index is -0.0191. The van der Waals surface area contributed by atoms with Gasteiger partial charge in [0.25, 0.3) is 0 Å². The lowest BCUT2D eigenvalue weighted by Gasteiger charge is -2.31. The molecule has 2 aromatic rings. The van der Waals surface area contributed by atoms with Crippen LogP contribution < -0.4 is 21.3 Å². The SMILES string of the molecule is O=C(NC1CC2CC1=CN2C1CC1)N[C@H]1CC[C@H](Nc2nccc(Nc3cc(C4CCCC4)[nH]n3)n2)CC1. The third kappa shape index (κ3) is 5.17. The first-order valence-corrected chi connectivity index (χ1v) is 14.6. The lowest BCUT2D eigenvalue weighted by Crippen LogP contribution is -2.49. The number of rotatable bonds is 8. The van der Waals surface area contributed by atoms with E-state index in [2.05, 4.69) is 58.6 Å². The Balaban J connectivity index is 0.858. The van der Waals surface area contributed by atoms with Crippen LogP contribution in [0.25, 0.3) is 0 Å². The first-order valence-electron chi connectivity index (χ1n) is 14.6. The number of fused-ring (bicyclic) bond motifs is 2. The maximum Gasteiger partial charge on any atom is 0.315 e. The fourth-order valence-corrected chi connectivity index (χ4v) is 6.94. The number of aromatic nitrogens is 4. The number of nitrogens with zero attached hydrogens (tertiary/aromatic N) is 4. The molecule has 0 aromatic carbocycles. The lowest BCUT2D eigenvalue weighted by atomic mass is 9.91. The quantitative estimate of drug-likeness (QED) is 0.349. The predicted molar refractivity (Wildman–Crippen MR) is 146 cm³/mol. The van der Waals surface area contributed by atoms with Gasteiger partial charge >= 0.3 is 6.03 Å². The highest BCUT2D eigenvalue weighted by Crippen LogP contribution is 2.42. The third-order valence-corrected chi connectivity index (χ3v) is 9.14. The summed E-state index contributed by atoms with van der Waals surface area (Å²) in [7, 11) is 0. The smallest absolute Gasteiger partial charge is 0.315 e. The molecule has 4 saturated carbocycles. The Kier molecular flexibility index (Phi) is 6.33. The number of carbonyl (C=O) groups is 1. The van der Waals surface area contributed by atoms with Gasteiger partial charge in [-0.3, -0.25) is 5.10 Å². The van der Waals surface area contributed by atoms with E-state index in [1.807, 2.05) is 6.07 Å². The highest BCUT2D eigenvalue weighted by Gasteiger charge is 2.43. The molecule has 4 aliphatic carbocycles. The van der Waals surface area contributed by atoms with Crippen molar-refractivity contribution >= 4 is 23.6 Å². The van der Waals surface area contributed by atoms with Gasteiger partial charge in [0.2, 0.25) is 5.95 Å². The van der Waals surface area contributed by atoms with E-state index in [-0.39, 0.29) is 18.1 Å². The van der Waals surface area contributed by atoms with Gasteiger partial charge in [0.1, 0.15) is 5.82 Å². The average Bonchev–Trinajstić information content (AvgIpc) is 3.31. The van der Waals surface area contributed by atoms with Gasteiger partial charge in [-0.1, -0.05) is 12.8 Å². The van der Waals surface area contributed by atoms with Crippen molar-refractivity contribution < 1.29 is 4.79 Å². The Hall–Kier alpha value is -3.30. The zero-order valence-electron chi connectivity index (χ0n) is 22.0. The van der Waals surface area contributed by atoms with Crippen molar-refractivity contribution in [3.05, 3.63) is 35.8 Å². The third-order valence-electron chi connectivity index (χ3n) is 9.14. The second kappa shape index (κ2) is 10.1. The van der Waals surface area contributed by atoms with Crippen molar-refractivity contribution in [1.82, 2.24) is 35.7 Å². The van der Waals surface area contributed by atoms with Crippen molar-refractivity contribution in [3.63, 3.8) is 0 Å². The number of anilines is 3. The largest absolute Gasteiger partial charge is 0.371 e. The molecule has 0 radical (unpaired) electrons. The molecule has 1 aliphatic heterocycles. The molecular formula is C28H39N9O. The van der Waals surface area contributed by atoms with Crippen molar-refractivity contribution in [3.8, 4) is 0 Å². The number of hydrogen-bond acceptors (Lipinski definition) is 7. The van der Waals surface area contributed by atoms with Crippen molar-refractivity contribution in [2.24, 2.45) is 0 Å². The minimum absolute atomic E-state index is 0.0191. The van der Waals surface area contributed by atoms with Crippen LogP contribution in [-0.4, -0.2) is 61.3 Å². The lowest BCUT2D eigenvalue weighted by molar-refractivity contribution is 0.225. The van der Waals surface area contributed by atoms with Crippen LogP contribution >= 0.6 is 0 Å². The van der Waals surface area contributed by atoms with Gasteiger partial charge in [-0.15, -0.1) is 0 Å². The topological polar surface area (TPSA) is 123 Å². The summed E-state index contributed by atoms with van der Waals surface area (Å²) in [6, 6.07) is 6.05. The van der Waals surface area contributed by atoms with Crippen LogP contribution in [0.4, 0.5) is 22.4 Å². The van der Waals surface area contributed by atoms with E-state index in [1.165, 1.54) is 49.8 Å². The molecule has 38 heavy (non-hydrogen) atoms. The summed E-state index contributed by atoms with van der Waals surface area (Å²) in [5.41, 5.74) is 2.62. The Morgan fingerprint density at radius 1 is 0.947 bits per heavy atom. The Morgan fingerprint density at radius 3 is 2.53 bits per heavy atom. The number of H-pyrrole nitrogens is 1. The van der Waals surface area contributed by atoms with Crippen molar-refractivity contribution in [2.75, 3.05) is 10.6 Å². The van der Waals surface area contributed by atoms with E-state index in [0.29, 0.717) is 23.9 Å². The van der Waals surface area contributed by atoms with Gasteiger partial charge in [-0.2, -0.15) is 10.1 Å². The number of amides is 2. The second-order valence-electron chi connectivity index (χ2n) is 11.9. The zero-order valence-corrected chi connectivity index (χ0v) is 22.0. The van der Waals surface area contributed by atoms with Crippen molar-refractivity contribution in [1.29, 1.82) is 0 Å². The molecule has 202 valence electrons. The van der Waals surface area contributed by atoms with Crippen LogP contribution in [0.1, 0.15) is 88.7 Å². The molecule has 10 nitrogen and oxygen atoms in total. The van der Waals surface area contributed by atoms with Crippen molar-refractivity contribution in [2.45, 2.75) is 113 Å². The minimum Gasteiger partial charge on any atom is -0.371 e. The van der Waals surface area contributed by atoms with E-state index in [1.54, 1.807) is 6.20 Å². The first kappa shape index (κ1) is 23.8. The summed E-state index contributed by atoms with van der Waals surface area (Å²) in [4.78, 5) is 24.3. The Labute approximate surface area is 223 Å². The fraction of sp³-hybridized carbons (Fsp3) is 0.643. The molecule has 2 unspecified atom stereocenters. The number of nitrogens with one attached hydrogen (secondary N) is 5. The van der Waals surface area contributed by atoms with Crippen LogP contribution in [0.15, 0.2) is 30.1 Å². The molecule has 4 fully saturated rings. The zero-order chi connectivity index (χ0) is 25.5. The van der Waals surface area contributed by atoms with Gasteiger partial charge in [-0.05, 0) is 75.8 Å². The van der Waals surface area contributed by atoms with E-state index < -0.39 is 0 Å². The predicted octanol–water partition coefficient (Wildman–Crippen LogP) is 4.52. The number of carbonyl (C=O) groups excluding carboxylic acids is 1. The summed E-state index contributed by atoms with van der Waals surface area (Å²) >= 11 is 0. The molecule has 0 saturated heterocycles. The number of aromatic amines is 1. The highest BCUT2D eigenvalue weighted by atomic mass is 16.2. The summed E-state index contributed by atoms with van der Waals surface area (Å²) < 4.78 is 0. The molecule has 2 bridgehead atoms. The monoisotopic (exact) mass is 517 g/mol. The molecule has 5 aliphatic rings. The normalized spacial score (nSPS) is 28.8. The van der Waals surface area contributed by atoms with E-state index in [4.69, 9.17) is 0 Å². The van der Waals surface area contributed by atoms with Gasteiger partial charge < -0.3 is 26.2 Å². The van der Waals surface area contributed by atoms with Gasteiger partial charge in [0.05, 0.1) is 6.04 Å². The Morgan fingerprint density at radius 2 is 1.76 bits per heavy atom. The van der Waals surface area contributed by atoms with Crippen LogP contribution in [0, 0.1) is 0 Å². The summed E-state index contributed by atoms with van der Waals surface area (Å²) in [5, 5.41) is 20.9. The molecule has 7 rings (SSSR count). The summed E-state index contributed by atoms with van der Waals surface area (Å²) in [6.07, 6.45) is 17.9. The fourth-order valence-electron chi connectivity index (χ4n) is 6.94. The molecule has 2 atom stereocenters.